The molecule has 3 aromatic carbocycles. The van der Waals surface area contributed by atoms with E-state index in [1.807, 2.05) is 66.7 Å². The van der Waals surface area contributed by atoms with Crippen LogP contribution in [0.5, 0.6) is 17.2 Å². The summed E-state index contributed by atoms with van der Waals surface area (Å²) in [6.07, 6.45) is 6.50. The van der Waals surface area contributed by atoms with E-state index in [1.165, 1.54) is 30.6 Å². The number of halogens is 1. The number of allylic oxidation sites excluding steroid dienone is 1. The number of rotatable bonds is 15. The van der Waals surface area contributed by atoms with Gasteiger partial charge in [-0.1, -0.05) is 73.4 Å². The van der Waals surface area contributed by atoms with Gasteiger partial charge < -0.3 is 18.9 Å². The Hall–Kier alpha value is -4.34. The Morgan fingerprint density at radius 2 is 1.57 bits per heavy atom. The van der Waals surface area contributed by atoms with Crippen LogP contribution in [-0.4, -0.2) is 37.0 Å². The van der Waals surface area contributed by atoms with Crippen molar-refractivity contribution in [1.82, 2.24) is 4.57 Å². The van der Waals surface area contributed by atoms with Crippen molar-refractivity contribution < 1.29 is 23.7 Å². The standard InChI is InChI=1S/C37H39ClN2O6S/c1-4-6-7-8-20-44-29-16-18-30(19-17-29)45-21-22-46-31-11-9-10-26(23-31)24-32-35(41)40-34(27-12-14-28(38)15-13-27)33(36(42)43-5-2)25(3)39-37(40)47-32/h9-19,23-24,34H,4-8,20-22H2,1-3H3/b32-24+. The lowest BCUT2D eigenvalue weighted by Gasteiger charge is -2.24. The van der Waals surface area contributed by atoms with Crippen molar-refractivity contribution in [1.29, 1.82) is 0 Å². The quantitative estimate of drug-likeness (QED) is 0.101. The molecule has 0 radical (unpaired) electrons. The summed E-state index contributed by atoms with van der Waals surface area (Å²) in [7, 11) is 0. The van der Waals surface area contributed by atoms with Gasteiger partial charge in [-0.25, -0.2) is 9.79 Å². The molecule has 0 N–H and O–H groups in total. The zero-order valence-corrected chi connectivity index (χ0v) is 28.4. The molecule has 10 heteroatoms. The molecular weight excluding hydrogens is 636 g/mol. The van der Waals surface area contributed by atoms with Crippen LogP contribution < -0.4 is 29.1 Å². The molecule has 1 aliphatic heterocycles. The van der Waals surface area contributed by atoms with Gasteiger partial charge in [0.1, 0.15) is 30.5 Å². The number of carbonyl (C=O) groups is 1. The number of hydrogen-bond acceptors (Lipinski definition) is 8. The van der Waals surface area contributed by atoms with Crippen LogP contribution in [0.4, 0.5) is 0 Å². The Morgan fingerprint density at radius 1 is 0.894 bits per heavy atom. The summed E-state index contributed by atoms with van der Waals surface area (Å²) < 4.78 is 25.0. The molecule has 8 nitrogen and oxygen atoms in total. The fraction of sp³-hybridized carbons (Fsp3) is 0.324. The first kappa shape index (κ1) is 34.0. The summed E-state index contributed by atoms with van der Waals surface area (Å²) in [6, 6.07) is 21.5. The Kier molecular flexibility index (Phi) is 11.9. The highest BCUT2D eigenvalue weighted by atomic mass is 35.5. The normalized spacial score (nSPS) is 14.4. The summed E-state index contributed by atoms with van der Waals surface area (Å²) in [5.74, 6) is 1.73. The number of benzene rings is 3. The number of thiazole rings is 1. The molecule has 0 bridgehead atoms. The average Bonchev–Trinajstić information content (AvgIpc) is 3.37. The number of nitrogens with zero attached hydrogens (tertiary/aromatic N) is 2. The molecule has 0 saturated carbocycles. The van der Waals surface area contributed by atoms with Crippen LogP contribution in [0.3, 0.4) is 0 Å². The molecule has 0 fully saturated rings. The number of hydrogen-bond donors (Lipinski definition) is 0. The first-order valence-corrected chi connectivity index (χ1v) is 17.1. The SMILES string of the molecule is CCCCCCOc1ccc(OCCOc2cccc(/C=c3/sc4n(c3=O)C(c3ccc(Cl)cc3)C(C(=O)OCC)=C(C)N=4)c2)cc1. The Bertz CT molecular complexity index is 1880. The van der Waals surface area contributed by atoms with E-state index in [9.17, 15) is 9.59 Å². The van der Waals surface area contributed by atoms with Gasteiger partial charge in [0.15, 0.2) is 4.80 Å². The summed E-state index contributed by atoms with van der Waals surface area (Å²) in [5, 5.41) is 0.556. The van der Waals surface area contributed by atoms with Crippen LogP contribution in [-0.2, 0) is 9.53 Å². The van der Waals surface area contributed by atoms with Gasteiger partial charge in [-0.05, 0) is 86.0 Å². The Balaban J connectivity index is 1.27. The van der Waals surface area contributed by atoms with E-state index in [4.69, 9.17) is 30.5 Å². The van der Waals surface area contributed by atoms with E-state index in [0.29, 0.717) is 44.6 Å². The maximum atomic E-state index is 13.9. The monoisotopic (exact) mass is 674 g/mol. The van der Waals surface area contributed by atoms with Crippen molar-refractivity contribution in [2.45, 2.75) is 52.5 Å². The average molecular weight is 675 g/mol. The molecule has 0 amide bonds. The van der Waals surface area contributed by atoms with Gasteiger partial charge in [0, 0.05) is 5.02 Å². The predicted octanol–water partition coefficient (Wildman–Crippen LogP) is 6.87. The van der Waals surface area contributed by atoms with E-state index >= 15 is 0 Å². The van der Waals surface area contributed by atoms with Crippen LogP contribution in [0, 0.1) is 0 Å². The molecule has 0 saturated heterocycles. The number of ether oxygens (including phenoxy) is 4. The minimum absolute atomic E-state index is 0.208. The van der Waals surface area contributed by atoms with Crippen LogP contribution in [0.25, 0.3) is 6.08 Å². The number of esters is 1. The molecule has 5 rings (SSSR count). The molecule has 246 valence electrons. The summed E-state index contributed by atoms with van der Waals surface area (Å²) in [4.78, 5) is 32.1. The Labute approximate surface area is 283 Å². The van der Waals surface area contributed by atoms with Gasteiger partial charge in [-0.15, -0.1) is 0 Å². The van der Waals surface area contributed by atoms with Crippen LogP contribution in [0.2, 0.25) is 5.02 Å². The lowest BCUT2D eigenvalue weighted by molar-refractivity contribution is -0.139. The summed E-state index contributed by atoms with van der Waals surface area (Å²) >= 11 is 7.42. The highest BCUT2D eigenvalue weighted by Crippen LogP contribution is 2.31. The van der Waals surface area contributed by atoms with Crippen molar-refractivity contribution >= 4 is 35.0 Å². The fourth-order valence-electron chi connectivity index (χ4n) is 5.27. The van der Waals surface area contributed by atoms with E-state index in [2.05, 4.69) is 11.9 Å². The first-order chi connectivity index (χ1) is 22.9. The molecule has 1 unspecified atom stereocenters. The third-order valence-corrected chi connectivity index (χ3v) is 8.80. The lowest BCUT2D eigenvalue weighted by Crippen LogP contribution is -2.39. The van der Waals surface area contributed by atoms with Gasteiger partial charge in [-0.2, -0.15) is 0 Å². The largest absolute Gasteiger partial charge is 0.494 e. The first-order valence-electron chi connectivity index (χ1n) is 15.9. The van der Waals surface area contributed by atoms with Gasteiger partial charge in [0.2, 0.25) is 0 Å². The molecule has 0 aliphatic carbocycles. The Morgan fingerprint density at radius 3 is 2.26 bits per heavy atom. The highest BCUT2D eigenvalue weighted by Gasteiger charge is 2.33. The number of carbonyl (C=O) groups excluding carboxylic acids is 1. The number of unbranched alkanes of at least 4 members (excludes halogenated alkanes) is 3. The topological polar surface area (TPSA) is 88.4 Å². The van der Waals surface area contributed by atoms with Crippen molar-refractivity contribution in [3.05, 3.63) is 120 Å². The minimum Gasteiger partial charge on any atom is -0.494 e. The van der Waals surface area contributed by atoms with Crippen molar-refractivity contribution in [3.63, 3.8) is 0 Å². The van der Waals surface area contributed by atoms with E-state index < -0.39 is 12.0 Å². The number of fused-ring (bicyclic) bond motifs is 1. The molecule has 1 aromatic heterocycles. The molecule has 0 spiro atoms. The predicted molar refractivity (Wildman–Crippen MR) is 185 cm³/mol. The van der Waals surface area contributed by atoms with Gasteiger partial charge in [0.05, 0.1) is 35.1 Å². The zero-order chi connectivity index (χ0) is 33.2. The summed E-state index contributed by atoms with van der Waals surface area (Å²) in [6.45, 7) is 7.35. The highest BCUT2D eigenvalue weighted by molar-refractivity contribution is 7.07. The third kappa shape index (κ3) is 8.73. The fourth-order valence-corrected chi connectivity index (χ4v) is 6.44. The molecule has 1 aliphatic rings. The molecule has 1 atom stereocenters. The molecule has 4 aromatic rings. The van der Waals surface area contributed by atoms with E-state index in [-0.39, 0.29) is 12.2 Å². The number of aromatic nitrogens is 1. The molecular formula is C37H39ClN2O6S. The molecule has 47 heavy (non-hydrogen) atoms. The second kappa shape index (κ2) is 16.5. The van der Waals surface area contributed by atoms with Gasteiger partial charge >= 0.3 is 5.97 Å². The van der Waals surface area contributed by atoms with Gasteiger partial charge in [0.25, 0.3) is 5.56 Å². The van der Waals surface area contributed by atoms with Crippen molar-refractivity contribution in [2.24, 2.45) is 4.99 Å². The van der Waals surface area contributed by atoms with E-state index in [1.54, 1.807) is 30.5 Å². The van der Waals surface area contributed by atoms with Gasteiger partial charge in [-0.3, -0.25) is 9.36 Å². The van der Waals surface area contributed by atoms with Crippen molar-refractivity contribution in [3.8, 4) is 17.2 Å². The lowest BCUT2D eigenvalue weighted by atomic mass is 9.96. The second-order valence-corrected chi connectivity index (χ2v) is 12.4. The van der Waals surface area contributed by atoms with Crippen LogP contribution in [0.15, 0.2) is 93.9 Å². The zero-order valence-electron chi connectivity index (χ0n) is 26.9. The molecule has 2 heterocycles. The smallest absolute Gasteiger partial charge is 0.338 e. The second-order valence-electron chi connectivity index (χ2n) is 11.0. The maximum Gasteiger partial charge on any atom is 0.338 e. The van der Waals surface area contributed by atoms with Crippen LogP contribution in [0.1, 0.15) is 63.6 Å². The van der Waals surface area contributed by atoms with Crippen molar-refractivity contribution in [2.75, 3.05) is 26.4 Å². The minimum atomic E-state index is -0.696. The van der Waals surface area contributed by atoms with Crippen LogP contribution >= 0.6 is 22.9 Å². The third-order valence-electron chi connectivity index (χ3n) is 7.57. The maximum absolute atomic E-state index is 13.9. The van der Waals surface area contributed by atoms with E-state index in [0.717, 1.165) is 35.7 Å². The summed E-state index contributed by atoms with van der Waals surface area (Å²) in [5.41, 5.74) is 2.11.